The van der Waals surface area contributed by atoms with Crippen molar-refractivity contribution < 1.29 is 9.59 Å². The Bertz CT molecular complexity index is 326. The lowest BCUT2D eigenvalue weighted by molar-refractivity contribution is -0.165. The first-order valence-corrected chi connectivity index (χ1v) is 6.03. The molecule has 3 heteroatoms. The van der Waals surface area contributed by atoms with E-state index >= 15 is 0 Å². The molecule has 2 fully saturated rings. The zero-order chi connectivity index (χ0) is 12.1. The molecule has 1 spiro atoms. The van der Waals surface area contributed by atoms with Gasteiger partial charge in [-0.05, 0) is 19.8 Å². The fourth-order valence-corrected chi connectivity index (χ4v) is 2.91. The first-order chi connectivity index (χ1) is 7.23. The van der Waals surface area contributed by atoms with Crippen LogP contribution in [0.4, 0.5) is 0 Å². The minimum Gasteiger partial charge on any atom is -0.341 e. The van der Waals surface area contributed by atoms with Gasteiger partial charge < -0.3 is 4.90 Å². The Morgan fingerprint density at radius 2 is 1.69 bits per heavy atom. The molecule has 0 aromatic rings. The molecule has 2 aliphatic rings. The van der Waals surface area contributed by atoms with E-state index in [9.17, 15) is 9.59 Å². The van der Waals surface area contributed by atoms with Crippen LogP contribution >= 0.6 is 0 Å². The molecule has 0 aromatic heterocycles. The number of rotatable bonds is 1. The highest BCUT2D eigenvalue weighted by molar-refractivity contribution is 5.83. The van der Waals surface area contributed by atoms with Crippen molar-refractivity contribution >= 4 is 11.7 Å². The van der Waals surface area contributed by atoms with Crippen LogP contribution in [0.25, 0.3) is 0 Å². The quantitative estimate of drug-likeness (QED) is 0.680. The third-order valence-electron chi connectivity index (χ3n) is 3.92. The molecule has 2 rings (SSSR count). The summed E-state index contributed by atoms with van der Waals surface area (Å²) in [6.45, 7) is 9.28. The lowest BCUT2D eigenvalue weighted by Gasteiger charge is -2.59. The van der Waals surface area contributed by atoms with Crippen molar-refractivity contribution in [3.63, 3.8) is 0 Å². The summed E-state index contributed by atoms with van der Waals surface area (Å²) in [6, 6.07) is 0. The van der Waals surface area contributed by atoms with Gasteiger partial charge in [-0.15, -0.1) is 0 Å². The zero-order valence-electron chi connectivity index (χ0n) is 10.7. The number of Topliss-reactive ketones (excluding diaryl/α,β-unsaturated/α-hetero) is 1. The summed E-state index contributed by atoms with van der Waals surface area (Å²) < 4.78 is 0. The van der Waals surface area contributed by atoms with Crippen LogP contribution in [0.5, 0.6) is 0 Å². The maximum absolute atomic E-state index is 11.9. The Morgan fingerprint density at radius 3 is 2.06 bits per heavy atom. The van der Waals surface area contributed by atoms with Gasteiger partial charge in [-0.25, -0.2) is 0 Å². The highest BCUT2D eigenvalue weighted by atomic mass is 16.2. The lowest BCUT2D eigenvalue weighted by Crippen LogP contribution is -2.65. The highest BCUT2D eigenvalue weighted by Gasteiger charge is 2.55. The Kier molecular flexibility index (Phi) is 2.41. The molecule has 1 heterocycles. The van der Waals surface area contributed by atoms with Crippen molar-refractivity contribution in [3.05, 3.63) is 0 Å². The van der Waals surface area contributed by atoms with Gasteiger partial charge in [0, 0.05) is 29.8 Å². The molecule has 0 N–H and O–H groups in total. The fourth-order valence-electron chi connectivity index (χ4n) is 2.91. The molecule has 0 bridgehead atoms. The van der Waals surface area contributed by atoms with E-state index in [-0.39, 0.29) is 17.2 Å². The van der Waals surface area contributed by atoms with Crippen molar-refractivity contribution in [2.75, 3.05) is 13.1 Å². The molecule has 1 saturated heterocycles. The van der Waals surface area contributed by atoms with E-state index < -0.39 is 0 Å². The molecule has 0 radical (unpaired) electrons. The van der Waals surface area contributed by atoms with Crippen LogP contribution in [0.2, 0.25) is 0 Å². The van der Waals surface area contributed by atoms with Crippen LogP contribution in [0, 0.1) is 16.7 Å². The second-order valence-electron chi connectivity index (χ2n) is 6.63. The van der Waals surface area contributed by atoms with Crippen LogP contribution in [-0.2, 0) is 9.59 Å². The van der Waals surface area contributed by atoms with Crippen molar-refractivity contribution in [1.29, 1.82) is 0 Å². The number of ketones is 1. The zero-order valence-corrected chi connectivity index (χ0v) is 10.7. The number of hydrogen-bond donors (Lipinski definition) is 0. The number of nitrogens with zero attached hydrogens (tertiary/aromatic N) is 1. The van der Waals surface area contributed by atoms with Crippen LogP contribution in [-0.4, -0.2) is 29.7 Å². The molecule has 16 heavy (non-hydrogen) atoms. The Hall–Kier alpha value is -0.860. The van der Waals surface area contributed by atoms with Gasteiger partial charge in [0.1, 0.15) is 5.78 Å². The smallest absolute Gasteiger partial charge is 0.227 e. The minimum atomic E-state index is -0.272. The molecule has 0 aromatic carbocycles. The van der Waals surface area contributed by atoms with Gasteiger partial charge in [-0.1, -0.05) is 20.8 Å². The van der Waals surface area contributed by atoms with Gasteiger partial charge in [0.15, 0.2) is 0 Å². The first-order valence-electron chi connectivity index (χ1n) is 6.03. The molecule has 3 nitrogen and oxygen atoms in total. The molecule has 0 atom stereocenters. The van der Waals surface area contributed by atoms with Crippen LogP contribution in [0.1, 0.15) is 40.5 Å². The van der Waals surface area contributed by atoms with E-state index in [1.165, 1.54) is 0 Å². The molecule has 1 saturated carbocycles. The average Bonchev–Trinajstić information content (AvgIpc) is 1.95. The molecule has 0 unspecified atom stereocenters. The number of hydrogen-bond acceptors (Lipinski definition) is 2. The van der Waals surface area contributed by atoms with Gasteiger partial charge in [0.2, 0.25) is 5.91 Å². The summed E-state index contributed by atoms with van der Waals surface area (Å²) in [4.78, 5) is 25.0. The molecule has 1 aliphatic carbocycles. The van der Waals surface area contributed by atoms with E-state index in [1.54, 1.807) is 6.92 Å². The molecule has 1 amide bonds. The lowest BCUT2D eigenvalue weighted by atomic mass is 9.56. The van der Waals surface area contributed by atoms with E-state index in [4.69, 9.17) is 0 Å². The van der Waals surface area contributed by atoms with Gasteiger partial charge in [-0.3, -0.25) is 9.59 Å². The van der Waals surface area contributed by atoms with Crippen molar-refractivity contribution in [2.24, 2.45) is 16.7 Å². The maximum Gasteiger partial charge on any atom is 0.227 e. The maximum atomic E-state index is 11.9. The van der Waals surface area contributed by atoms with Gasteiger partial charge in [-0.2, -0.15) is 0 Å². The largest absolute Gasteiger partial charge is 0.341 e. The van der Waals surface area contributed by atoms with Crippen molar-refractivity contribution in [1.82, 2.24) is 4.90 Å². The second kappa shape index (κ2) is 3.31. The minimum absolute atomic E-state index is 0.240. The molecular weight excluding hydrogens is 202 g/mol. The van der Waals surface area contributed by atoms with E-state index in [1.807, 2.05) is 25.7 Å². The monoisotopic (exact) mass is 223 g/mol. The highest BCUT2D eigenvalue weighted by Crippen LogP contribution is 2.52. The Balaban J connectivity index is 1.84. The third-order valence-corrected chi connectivity index (χ3v) is 3.92. The van der Waals surface area contributed by atoms with E-state index in [2.05, 4.69) is 0 Å². The second-order valence-corrected chi connectivity index (χ2v) is 6.63. The topological polar surface area (TPSA) is 37.4 Å². The summed E-state index contributed by atoms with van der Waals surface area (Å²) in [5.41, 5.74) is 0.0303. The predicted octanol–water partition coefficient (Wildman–Crippen LogP) is 1.86. The van der Waals surface area contributed by atoms with Gasteiger partial charge in [0.05, 0.1) is 0 Å². The number of carbonyl (C=O) groups excluding carboxylic acids is 2. The summed E-state index contributed by atoms with van der Waals surface area (Å²) in [7, 11) is 0. The van der Waals surface area contributed by atoms with Crippen molar-refractivity contribution in [2.45, 2.75) is 40.5 Å². The van der Waals surface area contributed by atoms with E-state index in [0.29, 0.717) is 11.2 Å². The normalized spacial score (nSPS) is 23.9. The first kappa shape index (κ1) is 11.6. The van der Waals surface area contributed by atoms with Gasteiger partial charge >= 0.3 is 0 Å². The number of amides is 1. The van der Waals surface area contributed by atoms with Crippen molar-refractivity contribution in [3.8, 4) is 0 Å². The molecule has 1 aliphatic heterocycles. The van der Waals surface area contributed by atoms with Crippen LogP contribution < -0.4 is 0 Å². The summed E-state index contributed by atoms with van der Waals surface area (Å²) in [5, 5.41) is 0. The third kappa shape index (κ3) is 1.76. The fraction of sp³-hybridized carbons (Fsp3) is 0.846. The predicted molar refractivity (Wildman–Crippen MR) is 61.9 cm³/mol. The summed E-state index contributed by atoms with van der Waals surface area (Å²) in [6.07, 6.45) is 1.99. The SMILES string of the molecule is CC(=O)C1CC2(C1)CN(C(=O)C(C)(C)C)C2. The molecular formula is C13H21NO2. The average molecular weight is 223 g/mol. The summed E-state index contributed by atoms with van der Waals surface area (Å²) >= 11 is 0. The van der Waals surface area contributed by atoms with E-state index in [0.717, 1.165) is 25.9 Å². The summed E-state index contributed by atoms with van der Waals surface area (Å²) in [5.74, 6) is 0.822. The standard InChI is InChI=1S/C13H21NO2/c1-9(15)10-5-13(6-10)7-14(8-13)11(16)12(2,3)4/h10H,5-8H2,1-4H3. The number of likely N-dealkylation sites (tertiary alicyclic amines) is 1. The van der Waals surface area contributed by atoms with Gasteiger partial charge in [0.25, 0.3) is 0 Å². The molecule has 90 valence electrons. The Morgan fingerprint density at radius 1 is 1.19 bits per heavy atom. The number of carbonyl (C=O) groups is 2. The Labute approximate surface area is 97.2 Å². The van der Waals surface area contributed by atoms with Crippen LogP contribution in [0.3, 0.4) is 0 Å². The van der Waals surface area contributed by atoms with Crippen LogP contribution in [0.15, 0.2) is 0 Å².